The molecule has 1 heterocycles. The molecule has 1 aliphatic heterocycles. The second-order valence-electron chi connectivity index (χ2n) is 9.70. The number of hydrogen-bond acceptors (Lipinski definition) is 3. The molecule has 0 saturated heterocycles. The van der Waals surface area contributed by atoms with Crippen LogP contribution < -0.4 is 10.2 Å². The fourth-order valence-electron chi connectivity index (χ4n) is 5.10. The second-order valence-corrected chi connectivity index (χ2v) is 9.70. The van der Waals surface area contributed by atoms with Gasteiger partial charge in [-0.2, -0.15) is 5.26 Å². The van der Waals surface area contributed by atoms with E-state index < -0.39 is 0 Å². The summed E-state index contributed by atoms with van der Waals surface area (Å²) in [5, 5.41) is 12.5. The summed E-state index contributed by atoms with van der Waals surface area (Å²) in [4.78, 5) is 15.2. The Morgan fingerprint density at radius 2 is 1.84 bits per heavy atom. The van der Waals surface area contributed by atoms with Gasteiger partial charge >= 0.3 is 0 Å². The molecule has 4 heteroatoms. The van der Waals surface area contributed by atoms with Gasteiger partial charge < -0.3 is 10.2 Å². The highest BCUT2D eigenvalue weighted by Gasteiger charge is 2.37. The number of anilines is 2. The normalized spacial score (nSPS) is 17.8. The van der Waals surface area contributed by atoms with Gasteiger partial charge in [0.1, 0.15) is 11.6 Å². The SMILES string of the molecule is Cc1cc(C)cc(NC(=O)/C(C#N)=C\c2ccc3c(c2)[C@H](C)CC(C)(C)N3C(C)C)c1. The van der Waals surface area contributed by atoms with Gasteiger partial charge in [-0.05, 0) is 106 Å². The number of carbonyl (C=O) groups is 1. The summed E-state index contributed by atoms with van der Waals surface area (Å²) in [7, 11) is 0. The van der Waals surface area contributed by atoms with Crippen LogP contribution in [0.2, 0.25) is 0 Å². The van der Waals surface area contributed by atoms with Crippen LogP contribution in [0.3, 0.4) is 0 Å². The second kappa shape index (κ2) is 8.59. The minimum atomic E-state index is -0.386. The first kappa shape index (κ1) is 22.6. The van der Waals surface area contributed by atoms with Crippen molar-refractivity contribution in [3.8, 4) is 6.07 Å². The van der Waals surface area contributed by atoms with E-state index in [0.29, 0.717) is 17.6 Å². The third kappa shape index (κ3) is 4.82. The van der Waals surface area contributed by atoms with E-state index in [4.69, 9.17) is 0 Å². The third-order valence-electron chi connectivity index (χ3n) is 5.97. The first-order valence-corrected chi connectivity index (χ1v) is 11.0. The molecule has 4 nitrogen and oxygen atoms in total. The van der Waals surface area contributed by atoms with Crippen molar-refractivity contribution in [2.24, 2.45) is 0 Å². The number of hydrogen-bond donors (Lipinski definition) is 1. The molecule has 2 aromatic carbocycles. The molecular weight excluding hydrogens is 382 g/mol. The zero-order chi connectivity index (χ0) is 22.9. The number of aryl methyl sites for hydroxylation is 2. The smallest absolute Gasteiger partial charge is 0.266 e. The van der Waals surface area contributed by atoms with Gasteiger partial charge in [0, 0.05) is 23.0 Å². The Bertz CT molecular complexity index is 1050. The molecule has 1 atom stereocenters. The van der Waals surface area contributed by atoms with Crippen LogP contribution in [0.1, 0.15) is 69.2 Å². The number of rotatable bonds is 4. The maximum Gasteiger partial charge on any atom is 0.266 e. The van der Waals surface area contributed by atoms with Crippen molar-refractivity contribution in [3.05, 3.63) is 64.2 Å². The Labute approximate surface area is 186 Å². The molecule has 1 N–H and O–H groups in total. The van der Waals surface area contributed by atoms with Gasteiger partial charge in [-0.25, -0.2) is 0 Å². The minimum absolute atomic E-state index is 0.0849. The molecule has 1 amide bonds. The maximum absolute atomic E-state index is 12.7. The molecule has 162 valence electrons. The number of nitriles is 1. The predicted octanol–water partition coefficient (Wildman–Crippen LogP) is 6.35. The number of amides is 1. The van der Waals surface area contributed by atoms with Crippen LogP contribution in [-0.2, 0) is 4.79 Å². The average molecular weight is 416 g/mol. The molecular formula is C27H33N3O. The molecule has 31 heavy (non-hydrogen) atoms. The Hall–Kier alpha value is -3.06. The molecule has 1 aliphatic rings. The summed E-state index contributed by atoms with van der Waals surface area (Å²) >= 11 is 0. The van der Waals surface area contributed by atoms with Crippen molar-refractivity contribution in [1.82, 2.24) is 0 Å². The van der Waals surface area contributed by atoms with Crippen LogP contribution in [0.15, 0.2) is 42.0 Å². The molecule has 0 aliphatic carbocycles. The highest BCUT2D eigenvalue weighted by Crippen LogP contribution is 2.44. The lowest BCUT2D eigenvalue weighted by Gasteiger charge is -2.50. The Balaban J connectivity index is 1.93. The first-order valence-electron chi connectivity index (χ1n) is 11.0. The van der Waals surface area contributed by atoms with Gasteiger partial charge in [0.2, 0.25) is 0 Å². The van der Waals surface area contributed by atoms with Gasteiger partial charge in [0.05, 0.1) is 0 Å². The fourth-order valence-corrected chi connectivity index (χ4v) is 5.10. The van der Waals surface area contributed by atoms with Crippen molar-refractivity contribution in [2.75, 3.05) is 10.2 Å². The largest absolute Gasteiger partial charge is 0.364 e. The zero-order valence-electron chi connectivity index (χ0n) is 19.7. The number of nitrogens with one attached hydrogen (secondary N) is 1. The Kier molecular flexibility index (Phi) is 6.27. The monoisotopic (exact) mass is 415 g/mol. The van der Waals surface area contributed by atoms with Gasteiger partial charge in [-0.1, -0.05) is 19.1 Å². The molecule has 0 saturated carbocycles. The molecule has 0 radical (unpaired) electrons. The van der Waals surface area contributed by atoms with E-state index in [9.17, 15) is 10.1 Å². The topological polar surface area (TPSA) is 56.1 Å². The first-order chi connectivity index (χ1) is 14.5. The van der Waals surface area contributed by atoms with Crippen molar-refractivity contribution >= 4 is 23.4 Å². The lowest BCUT2D eigenvalue weighted by Crippen LogP contribution is -2.51. The van der Waals surface area contributed by atoms with E-state index in [1.807, 2.05) is 38.1 Å². The van der Waals surface area contributed by atoms with Gasteiger partial charge in [-0.3, -0.25) is 4.79 Å². The van der Waals surface area contributed by atoms with Crippen LogP contribution in [0.5, 0.6) is 0 Å². The van der Waals surface area contributed by atoms with Gasteiger partial charge in [0.15, 0.2) is 0 Å². The van der Waals surface area contributed by atoms with Crippen LogP contribution in [0.25, 0.3) is 6.08 Å². The number of fused-ring (bicyclic) bond motifs is 1. The molecule has 0 bridgehead atoms. The van der Waals surface area contributed by atoms with Crippen molar-refractivity contribution < 1.29 is 4.79 Å². The molecule has 2 aromatic rings. The highest BCUT2D eigenvalue weighted by molar-refractivity contribution is 6.09. The quantitative estimate of drug-likeness (QED) is 0.467. The number of carbonyl (C=O) groups excluding carboxylic acids is 1. The fraction of sp³-hybridized carbons (Fsp3) is 0.407. The molecule has 0 fully saturated rings. The Morgan fingerprint density at radius 1 is 1.19 bits per heavy atom. The van der Waals surface area contributed by atoms with Crippen LogP contribution >= 0.6 is 0 Å². The zero-order valence-corrected chi connectivity index (χ0v) is 19.7. The summed E-state index contributed by atoms with van der Waals surface area (Å²) in [5.74, 6) is 0.0196. The molecule has 0 unspecified atom stereocenters. The lowest BCUT2D eigenvalue weighted by molar-refractivity contribution is -0.112. The van der Waals surface area contributed by atoms with Crippen molar-refractivity contribution in [2.45, 2.75) is 72.4 Å². The summed E-state index contributed by atoms with van der Waals surface area (Å²) < 4.78 is 0. The predicted molar refractivity (Wildman–Crippen MR) is 129 cm³/mol. The van der Waals surface area contributed by atoms with Crippen LogP contribution in [0, 0.1) is 25.2 Å². The average Bonchev–Trinajstić information content (AvgIpc) is 2.64. The third-order valence-corrected chi connectivity index (χ3v) is 5.97. The summed E-state index contributed by atoms with van der Waals surface area (Å²) in [5.41, 5.74) is 6.42. The van der Waals surface area contributed by atoms with E-state index in [2.05, 4.69) is 63.0 Å². The van der Waals surface area contributed by atoms with Crippen LogP contribution in [-0.4, -0.2) is 17.5 Å². The molecule has 0 aromatic heterocycles. The summed E-state index contributed by atoms with van der Waals surface area (Å²) in [6.07, 6.45) is 2.74. The molecule has 3 rings (SSSR count). The molecule has 0 spiro atoms. The van der Waals surface area contributed by atoms with E-state index in [0.717, 1.165) is 23.1 Å². The van der Waals surface area contributed by atoms with Gasteiger partial charge in [-0.15, -0.1) is 0 Å². The van der Waals surface area contributed by atoms with E-state index in [1.54, 1.807) is 6.08 Å². The Morgan fingerprint density at radius 3 is 2.42 bits per heavy atom. The standard InChI is InChI=1S/C27H33N3O/c1-17(2)30-25-9-8-21(14-24(25)20(5)15-27(30,6)7)13-22(16-28)26(31)29-23-11-18(3)10-19(4)12-23/h8-14,17,20H,15H2,1-7H3,(H,29,31)/b22-13-/t20-/m1/s1. The number of nitrogens with zero attached hydrogens (tertiary/aromatic N) is 2. The maximum atomic E-state index is 12.7. The lowest BCUT2D eigenvalue weighted by atomic mass is 9.79. The minimum Gasteiger partial charge on any atom is -0.364 e. The van der Waals surface area contributed by atoms with Crippen LogP contribution in [0.4, 0.5) is 11.4 Å². The summed E-state index contributed by atoms with van der Waals surface area (Å²) in [6, 6.07) is 14.6. The summed E-state index contributed by atoms with van der Waals surface area (Å²) in [6.45, 7) is 15.3. The van der Waals surface area contributed by atoms with E-state index >= 15 is 0 Å². The van der Waals surface area contributed by atoms with Crippen molar-refractivity contribution in [1.29, 1.82) is 5.26 Å². The highest BCUT2D eigenvalue weighted by atomic mass is 16.1. The van der Waals surface area contributed by atoms with E-state index in [-0.39, 0.29) is 17.0 Å². The van der Waals surface area contributed by atoms with E-state index in [1.165, 1.54) is 11.3 Å². The van der Waals surface area contributed by atoms with Crippen molar-refractivity contribution in [3.63, 3.8) is 0 Å². The number of benzene rings is 2. The van der Waals surface area contributed by atoms with Gasteiger partial charge in [0.25, 0.3) is 5.91 Å².